The number of amides is 1. The van der Waals surface area contributed by atoms with Crippen molar-refractivity contribution in [3.8, 4) is 0 Å². The highest BCUT2D eigenvalue weighted by Gasteiger charge is 2.06. The zero-order valence-corrected chi connectivity index (χ0v) is 9.89. The summed E-state index contributed by atoms with van der Waals surface area (Å²) in [6.07, 6.45) is 4.98. The SMILES string of the molecule is O=C(Cn1cccn1)Nc1ncccc1Br. The minimum absolute atomic E-state index is 0.164. The van der Waals surface area contributed by atoms with Crippen LogP contribution in [0.15, 0.2) is 41.3 Å². The second-order valence-electron chi connectivity index (χ2n) is 3.09. The van der Waals surface area contributed by atoms with Crippen LogP contribution >= 0.6 is 15.9 Å². The second kappa shape index (κ2) is 4.89. The van der Waals surface area contributed by atoms with Gasteiger partial charge in [0.15, 0.2) is 0 Å². The number of anilines is 1. The van der Waals surface area contributed by atoms with Crippen molar-refractivity contribution in [2.45, 2.75) is 6.54 Å². The Labute approximate surface area is 101 Å². The smallest absolute Gasteiger partial charge is 0.247 e. The third kappa shape index (κ3) is 2.66. The molecule has 0 unspecified atom stereocenters. The van der Waals surface area contributed by atoms with Crippen LogP contribution < -0.4 is 5.32 Å². The molecule has 0 saturated carbocycles. The molecule has 82 valence electrons. The van der Waals surface area contributed by atoms with Crippen LogP contribution in [-0.4, -0.2) is 20.7 Å². The molecule has 2 rings (SSSR count). The van der Waals surface area contributed by atoms with E-state index in [1.165, 1.54) is 0 Å². The quantitative estimate of drug-likeness (QED) is 0.931. The highest BCUT2D eigenvalue weighted by Crippen LogP contribution is 2.17. The summed E-state index contributed by atoms with van der Waals surface area (Å²) < 4.78 is 2.30. The van der Waals surface area contributed by atoms with Crippen molar-refractivity contribution in [1.82, 2.24) is 14.8 Å². The van der Waals surface area contributed by atoms with Crippen LogP contribution in [0.2, 0.25) is 0 Å². The molecule has 0 bridgehead atoms. The number of aromatic nitrogens is 3. The van der Waals surface area contributed by atoms with Crippen LogP contribution in [0.3, 0.4) is 0 Å². The zero-order valence-electron chi connectivity index (χ0n) is 8.30. The van der Waals surface area contributed by atoms with Gasteiger partial charge in [-0.15, -0.1) is 0 Å². The molecule has 0 atom stereocenters. The normalized spacial score (nSPS) is 10.1. The fraction of sp³-hybridized carbons (Fsp3) is 0.100. The number of rotatable bonds is 3. The standard InChI is InChI=1S/C10H9BrN4O/c11-8-3-1-4-12-10(8)14-9(16)7-15-6-2-5-13-15/h1-6H,7H2,(H,12,14,16). The molecule has 2 heterocycles. The van der Waals surface area contributed by atoms with Gasteiger partial charge in [-0.3, -0.25) is 9.48 Å². The number of nitrogens with zero attached hydrogens (tertiary/aromatic N) is 3. The predicted octanol–water partition coefficient (Wildman–Crippen LogP) is 1.68. The van der Waals surface area contributed by atoms with Gasteiger partial charge in [0.1, 0.15) is 12.4 Å². The van der Waals surface area contributed by atoms with Gasteiger partial charge in [-0.05, 0) is 34.1 Å². The van der Waals surface area contributed by atoms with Gasteiger partial charge >= 0.3 is 0 Å². The lowest BCUT2D eigenvalue weighted by molar-refractivity contribution is -0.116. The molecule has 0 saturated heterocycles. The molecule has 1 amide bonds. The van der Waals surface area contributed by atoms with Gasteiger partial charge in [-0.1, -0.05) is 0 Å². The maximum Gasteiger partial charge on any atom is 0.247 e. The van der Waals surface area contributed by atoms with Crippen molar-refractivity contribution >= 4 is 27.7 Å². The Hall–Kier alpha value is -1.69. The minimum atomic E-state index is -0.164. The maximum atomic E-state index is 11.6. The second-order valence-corrected chi connectivity index (χ2v) is 3.94. The highest BCUT2D eigenvalue weighted by molar-refractivity contribution is 9.10. The summed E-state index contributed by atoms with van der Waals surface area (Å²) >= 11 is 3.30. The van der Waals surface area contributed by atoms with Gasteiger partial charge in [0, 0.05) is 18.6 Å². The Morgan fingerprint density at radius 3 is 3.00 bits per heavy atom. The maximum absolute atomic E-state index is 11.6. The van der Waals surface area contributed by atoms with Gasteiger partial charge in [-0.2, -0.15) is 5.10 Å². The van der Waals surface area contributed by atoms with E-state index in [2.05, 4.69) is 31.3 Å². The molecule has 6 heteroatoms. The Bertz CT molecular complexity index is 483. The van der Waals surface area contributed by atoms with E-state index in [4.69, 9.17) is 0 Å². The molecule has 1 N–H and O–H groups in total. The Balaban J connectivity index is 2.00. The van der Waals surface area contributed by atoms with E-state index in [0.29, 0.717) is 5.82 Å². The first-order chi connectivity index (χ1) is 7.75. The zero-order chi connectivity index (χ0) is 11.4. The predicted molar refractivity (Wildman–Crippen MR) is 62.8 cm³/mol. The average Bonchev–Trinajstić information content (AvgIpc) is 2.74. The molecule has 0 aromatic carbocycles. The molecule has 16 heavy (non-hydrogen) atoms. The molecule has 0 aliphatic rings. The van der Waals surface area contributed by atoms with Gasteiger partial charge < -0.3 is 5.32 Å². The number of halogens is 1. The lowest BCUT2D eigenvalue weighted by Gasteiger charge is -2.05. The number of nitrogens with one attached hydrogen (secondary N) is 1. The fourth-order valence-corrected chi connectivity index (χ4v) is 1.54. The number of pyridine rings is 1. The van der Waals surface area contributed by atoms with Gasteiger partial charge in [0.05, 0.1) is 4.47 Å². The van der Waals surface area contributed by atoms with Crippen LogP contribution in [-0.2, 0) is 11.3 Å². The van der Waals surface area contributed by atoms with Crippen LogP contribution in [0, 0.1) is 0 Å². The number of hydrogen-bond donors (Lipinski definition) is 1. The molecule has 0 spiro atoms. The van der Waals surface area contributed by atoms with E-state index >= 15 is 0 Å². The van der Waals surface area contributed by atoms with Crippen LogP contribution in [0.1, 0.15) is 0 Å². The lowest BCUT2D eigenvalue weighted by atomic mass is 10.4. The summed E-state index contributed by atoms with van der Waals surface area (Å²) in [5, 5.41) is 6.63. The largest absolute Gasteiger partial charge is 0.308 e. The highest BCUT2D eigenvalue weighted by atomic mass is 79.9. The van der Waals surface area contributed by atoms with Crippen molar-refractivity contribution in [3.05, 3.63) is 41.3 Å². The van der Waals surface area contributed by atoms with Crippen LogP contribution in [0.5, 0.6) is 0 Å². The van der Waals surface area contributed by atoms with E-state index in [0.717, 1.165) is 4.47 Å². The molecule has 2 aromatic heterocycles. The summed E-state index contributed by atoms with van der Waals surface area (Å²) in [5.41, 5.74) is 0. The Kier molecular flexibility index (Phi) is 3.31. The van der Waals surface area contributed by atoms with Crippen molar-refractivity contribution in [2.24, 2.45) is 0 Å². The van der Waals surface area contributed by atoms with E-state index < -0.39 is 0 Å². The molecule has 2 aromatic rings. The summed E-state index contributed by atoms with van der Waals surface area (Å²) in [4.78, 5) is 15.6. The summed E-state index contributed by atoms with van der Waals surface area (Å²) in [6.45, 7) is 0.177. The summed E-state index contributed by atoms with van der Waals surface area (Å²) in [7, 11) is 0. The Morgan fingerprint density at radius 1 is 1.44 bits per heavy atom. The monoisotopic (exact) mass is 280 g/mol. The molecular weight excluding hydrogens is 272 g/mol. The number of carbonyl (C=O) groups excluding carboxylic acids is 1. The molecule has 0 aliphatic carbocycles. The first kappa shape index (κ1) is 10.8. The first-order valence-electron chi connectivity index (χ1n) is 4.63. The first-order valence-corrected chi connectivity index (χ1v) is 5.43. The van der Waals surface area contributed by atoms with Crippen LogP contribution in [0.25, 0.3) is 0 Å². The van der Waals surface area contributed by atoms with E-state index in [1.54, 1.807) is 35.4 Å². The molecule has 0 fully saturated rings. The van der Waals surface area contributed by atoms with Gasteiger partial charge in [0.2, 0.25) is 5.91 Å². The Morgan fingerprint density at radius 2 is 2.31 bits per heavy atom. The summed E-state index contributed by atoms with van der Waals surface area (Å²) in [5.74, 6) is 0.350. The average molecular weight is 281 g/mol. The van der Waals surface area contributed by atoms with E-state index in [-0.39, 0.29) is 12.5 Å². The van der Waals surface area contributed by atoms with Gasteiger partial charge in [-0.25, -0.2) is 4.98 Å². The molecule has 0 aliphatic heterocycles. The molecule has 5 nitrogen and oxygen atoms in total. The van der Waals surface area contributed by atoms with Crippen LogP contribution in [0.4, 0.5) is 5.82 Å². The van der Waals surface area contributed by atoms with E-state index in [9.17, 15) is 4.79 Å². The number of hydrogen-bond acceptors (Lipinski definition) is 3. The summed E-state index contributed by atoms with van der Waals surface area (Å²) in [6, 6.07) is 5.37. The van der Waals surface area contributed by atoms with Gasteiger partial charge in [0.25, 0.3) is 0 Å². The van der Waals surface area contributed by atoms with Crippen molar-refractivity contribution in [3.63, 3.8) is 0 Å². The number of carbonyl (C=O) groups is 1. The minimum Gasteiger partial charge on any atom is -0.308 e. The third-order valence-corrected chi connectivity index (χ3v) is 2.52. The van der Waals surface area contributed by atoms with Crippen molar-refractivity contribution in [1.29, 1.82) is 0 Å². The lowest BCUT2D eigenvalue weighted by Crippen LogP contribution is -2.19. The van der Waals surface area contributed by atoms with Crippen molar-refractivity contribution in [2.75, 3.05) is 5.32 Å². The fourth-order valence-electron chi connectivity index (χ4n) is 1.19. The van der Waals surface area contributed by atoms with Crippen molar-refractivity contribution < 1.29 is 4.79 Å². The topological polar surface area (TPSA) is 59.8 Å². The third-order valence-electron chi connectivity index (χ3n) is 1.88. The molecule has 0 radical (unpaired) electrons. The molecular formula is C10H9BrN4O. The van der Waals surface area contributed by atoms with E-state index in [1.807, 2.05) is 6.07 Å².